The lowest BCUT2D eigenvalue weighted by Gasteiger charge is -2.02. The van der Waals surface area contributed by atoms with E-state index in [-0.39, 0.29) is 4.91 Å². The minimum Gasteiger partial charge on any atom is -0.214 e. The Morgan fingerprint density at radius 2 is 1.93 bits per heavy atom. The van der Waals surface area contributed by atoms with Gasteiger partial charge in [0.25, 0.3) is 0 Å². The van der Waals surface area contributed by atoms with Gasteiger partial charge in [0.05, 0.1) is 4.91 Å². The van der Waals surface area contributed by atoms with Gasteiger partial charge in [-0.1, -0.05) is 30.9 Å². The van der Waals surface area contributed by atoms with E-state index in [0.717, 1.165) is 5.57 Å². The Balaban J connectivity index is 5.30. The maximum Gasteiger partial charge on any atom is 0.240 e. The van der Waals surface area contributed by atoms with Crippen LogP contribution in [0.2, 0.25) is 0 Å². The van der Waals surface area contributed by atoms with Gasteiger partial charge in [-0.3, -0.25) is 0 Å². The largest absolute Gasteiger partial charge is 0.240 e. The number of sulfonamides is 1. The van der Waals surface area contributed by atoms with Crippen molar-refractivity contribution in [2.24, 2.45) is 0 Å². The first-order valence-electron chi connectivity index (χ1n) is 4.05. The van der Waals surface area contributed by atoms with Crippen LogP contribution in [0.5, 0.6) is 0 Å². The fourth-order valence-electron chi connectivity index (χ4n) is 0.733. The van der Waals surface area contributed by atoms with Crippen LogP contribution in [0.25, 0.3) is 0 Å². The number of hydrogen-bond donors (Lipinski definition) is 1. The molecule has 0 atom stereocenters. The Morgan fingerprint density at radius 3 is 2.29 bits per heavy atom. The van der Waals surface area contributed by atoms with E-state index in [2.05, 4.69) is 17.9 Å². The second-order valence-corrected chi connectivity index (χ2v) is 4.49. The maximum absolute atomic E-state index is 11.4. The number of rotatable bonds is 5. The molecule has 0 aliphatic rings. The van der Waals surface area contributed by atoms with E-state index >= 15 is 0 Å². The summed E-state index contributed by atoms with van der Waals surface area (Å²) in [5.74, 6) is 0. The summed E-state index contributed by atoms with van der Waals surface area (Å²) in [7, 11) is -2.05. The fourth-order valence-corrected chi connectivity index (χ4v) is 1.58. The Hall–Kier alpha value is -1.13. The summed E-state index contributed by atoms with van der Waals surface area (Å²) in [6, 6.07) is 0. The van der Waals surface area contributed by atoms with Crippen LogP contribution in [0.4, 0.5) is 0 Å². The fraction of sp³-hybridized carbons (Fsp3) is 0.200. The summed E-state index contributed by atoms with van der Waals surface area (Å²) in [6.45, 7) is 8.78. The van der Waals surface area contributed by atoms with E-state index < -0.39 is 10.0 Å². The molecule has 1 N–H and O–H groups in total. The lowest BCUT2D eigenvalue weighted by molar-refractivity contribution is 0.595. The molecule has 0 rings (SSSR count). The third-order valence-electron chi connectivity index (χ3n) is 1.55. The molecule has 0 fully saturated rings. The average molecular weight is 213 g/mol. The van der Waals surface area contributed by atoms with E-state index in [4.69, 9.17) is 0 Å². The van der Waals surface area contributed by atoms with Crippen molar-refractivity contribution >= 4 is 10.0 Å². The monoisotopic (exact) mass is 213 g/mol. The van der Waals surface area contributed by atoms with Gasteiger partial charge >= 0.3 is 0 Å². The molecule has 0 aliphatic heterocycles. The molecule has 0 saturated heterocycles. The second-order valence-electron chi connectivity index (χ2n) is 2.60. The Kier molecular flexibility index (Phi) is 5.12. The van der Waals surface area contributed by atoms with Crippen LogP contribution in [0.1, 0.15) is 6.92 Å². The van der Waals surface area contributed by atoms with Crippen LogP contribution in [0, 0.1) is 0 Å². The summed E-state index contributed by atoms with van der Waals surface area (Å²) in [5, 5.41) is 0. The minimum atomic E-state index is -3.41. The van der Waals surface area contributed by atoms with Gasteiger partial charge in [-0.15, -0.1) is 0 Å². The third kappa shape index (κ3) is 3.72. The predicted molar refractivity (Wildman–Crippen MR) is 60.2 cm³/mol. The van der Waals surface area contributed by atoms with E-state index in [9.17, 15) is 8.42 Å². The van der Waals surface area contributed by atoms with Gasteiger partial charge in [0, 0.05) is 0 Å². The van der Waals surface area contributed by atoms with E-state index in [0.29, 0.717) is 0 Å². The van der Waals surface area contributed by atoms with Gasteiger partial charge in [-0.25, -0.2) is 13.1 Å². The summed E-state index contributed by atoms with van der Waals surface area (Å²) < 4.78 is 25.1. The Labute approximate surface area is 85.6 Å². The van der Waals surface area contributed by atoms with Gasteiger partial charge in [-0.05, 0) is 26.1 Å². The average Bonchev–Trinajstić information content (AvgIpc) is 2.17. The maximum atomic E-state index is 11.4. The highest BCUT2D eigenvalue weighted by Crippen LogP contribution is 2.09. The molecule has 0 saturated carbocycles. The van der Waals surface area contributed by atoms with Crippen LogP contribution in [-0.4, -0.2) is 15.5 Å². The van der Waals surface area contributed by atoms with Crippen LogP contribution in [0.3, 0.4) is 0 Å². The van der Waals surface area contributed by atoms with E-state index in [1.807, 2.05) is 0 Å². The molecular formula is C10H15NO2S. The summed E-state index contributed by atoms with van der Waals surface area (Å²) in [4.78, 5) is 0.174. The number of nitrogens with one attached hydrogen (secondary N) is 1. The van der Waals surface area contributed by atoms with Crippen molar-refractivity contribution in [3.63, 3.8) is 0 Å². The van der Waals surface area contributed by atoms with E-state index in [1.165, 1.54) is 25.3 Å². The SMILES string of the molecule is C=C/C=C(\C=C(\C)C=C)S(=O)(=O)NC. The zero-order valence-corrected chi connectivity index (χ0v) is 9.26. The van der Waals surface area contributed by atoms with Crippen molar-refractivity contribution in [3.8, 4) is 0 Å². The Morgan fingerprint density at radius 1 is 1.36 bits per heavy atom. The van der Waals surface area contributed by atoms with Gasteiger partial charge in [0.2, 0.25) is 10.0 Å². The van der Waals surface area contributed by atoms with Crippen molar-refractivity contribution in [1.29, 1.82) is 0 Å². The third-order valence-corrected chi connectivity index (χ3v) is 2.97. The normalized spacial score (nSPS) is 13.9. The van der Waals surface area contributed by atoms with Crippen molar-refractivity contribution in [2.75, 3.05) is 7.05 Å². The molecule has 0 aliphatic carbocycles. The summed E-state index contributed by atoms with van der Waals surface area (Å²) in [6.07, 6.45) is 5.97. The number of hydrogen-bond acceptors (Lipinski definition) is 2. The second kappa shape index (κ2) is 5.57. The van der Waals surface area contributed by atoms with Gasteiger partial charge in [0.1, 0.15) is 0 Å². The molecule has 0 unspecified atom stereocenters. The number of allylic oxidation sites excluding steroid dienone is 5. The molecule has 0 amide bonds. The first-order valence-corrected chi connectivity index (χ1v) is 5.53. The van der Waals surface area contributed by atoms with Crippen molar-refractivity contribution in [2.45, 2.75) is 6.92 Å². The smallest absolute Gasteiger partial charge is 0.214 e. The molecule has 4 heteroatoms. The van der Waals surface area contributed by atoms with Crippen LogP contribution in [0.15, 0.2) is 47.9 Å². The summed E-state index contributed by atoms with van der Waals surface area (Å²) >= 11 is 0. The van der Waals surface area contributed by atoms with Crippen LogP contribution in [-0.2, 0) is 10.0 Å². The molecule has 0 aromatic heterocycles. The molecule has 0 aromatic carbocycles. The molecule has 3 nitrogen and oxygen atoms in total. The highest BCUT2D eigenvalue weighted by Gasteiger charge is 2.11. The quantitative estimate of drug-likeness (QED) is 0.707. The zero-order valence-electron chi connectivity index (χ0n) is 8.45. The molecular weight excluding hydrogens is 198 g/mol. The Bertz CT molecular complexity index is 375. The zero-order chi connectivity index (χ0) is 11.2. The minimum absolute atomic E-state index is 0.174. The first-order chi connectivity index (χ1) is 6.47. The van der Waals surface area contributed by atoms with Crippen molar-refractivity contribution in [1.82, 2.24) is 4.72 Å². The summed E-state index contributed by atoms with van der Waals surface area (Å²) in [5.41, 5.74) is 0.775. The molecule has 0 aromatic rings. The highest BCUT2D eigenvalue weighted by molar-refractivity contribution is 7.93. The molecule has 0 spiro atoms. The lowest BCUT2D eigenvalue weighted by atomic mass is 10.2. The van der Waals surface area contributed by atoms with Crippen molar-refractivity contribution in [3.05, 3.63) is 47.9 Å². The van der Waals surface area contributed by atoms with E-state index in [1.54, 1.807) is 13.0 Å². The molecule has 78 valence electrons. The molecule has 0 heterocycles. The molecule has 14 heavy (non-hydrogen) atoms. The standard InChI is InChI=1S/C10H15NO2S/c1-5-7-10(8-9(3)6-2)14(12,13)11-4/h5-8,11H,1-2H2,3-4H3/b9-8-,10-7+. The van der Waals surface area contributed by atoms with Crippen LogP contribution < -0.4 is 4.72 Å². The molecule has 0 radical (unpaired) electrons. The molecule has 0 bridgehead atoms. The van der Waals surface area contributed by atoms with Gasteiger partial charge in [-0.2, -0.15) is 0 Å². The predicted octanol–water partition coefficient (Wildman–Crippen LogP) is 1.74. The van der Waals surface area contributed by atoms with Crippen molar-refractivity contribution < 1.29 is 8.42 Å². The van der Waals surface area contributed by atoms with Crippen LogP contribution >= 0.6 is 0 Å². The lowest BCUT2D eigenvalue weighted by Crippen LogP contribution is -2.19. The van der Waals surface area contributed by atoms with Gasteiger partial charge in [0.15, 0.2) is 0 Å². The highest BCUT2D eigenvalue weighted by atomic mass is 32.2. The first kappa shape index (κ1) is 12.9. The topological polar surface area (TPSA) is 46.2 Å². The van der Waals surface area contributed by atoms with Gasteiger partial charge < -0.3 is 0 Å².